The van der Waals surface area contributed by atoms with Crippen LogP contribution in [0.5, 0.6) is 0 Å². The molecule has 7 nitrogen and oxygen atoms in total. The lowest BCUT2D eigenvalue weighted by atomic mass is 10.1. The Morgan fingerprint density at radius 3 is 2.67 bits per heavy atom. The first kappa shape index (κ1) is 23.2. The molecule has 0 bridgehead atoms. The first-order valence-corrected chi connectivity index (χ1v) is 8.52. The first-order valence-electron chi connectivity index (χ1n) is 8.14. The van der Waals surface area contributed by atoms with Crippen molar-refractivity contribution in [2.24, 2.45) is 0 Å². The van der Waals surface area contributed by atoms with E-state index in [2.05, 4.69) is 20.4 Å². The molecule has 30 heavy (non-hydrogen) atoms. The Labute approximate surface area is 181 Å². The standard InChI is InChI=1S/C18H12ClF3N6O.H2S/c1-10(16-25-9-26-28(16)15-4-11(8-23)2-3-24-15)27-17(29)12-5-13(18(20,21)22)7-14(19)6-12;/h2-7,9-10H,1H3,(H,27,29);1H2/t10-;/m0./s1. The maximum Gasteiger partial charge on any atom is 0.416 e. The van der Waals surface area contributed by atoms with Gasteiger partial charge in [0.15, 0.2) is 11.6 Å². The van der Waals surface area contributed by atoms with E-state index in [1.54, 1.807) is 6.92 Å². The molecule has 1 N–H and O–H groups in total. The predicted octanol–water partition coefficient (Wildman–Crippen LogP) is 3.81. The van der Waals surface area contributed by atoms with E-state index >= 15 is 0 Å². The van der Waals surface area contributed by atoms with Crippen molar-refractivity contribution in [2.45, 2.75) is 19.1 Å². The van der Waals surface area contributed by atoms with Crippen LogP contribution >= 0.6 is 25.1 Å². The third kappa shape index (κ3) is 5.08. The molecule has 0 fully saturated rings. The van der Waals surface area contributed by atoms with Crippen LogP contribution in [-0.4, -0.2) is 25.7 Å². The average molecular weight is 455 g/mol. The highest BCUT2D eigenvalue weighted by atomic mass is 35.5. The van der Waals surface area contributed by atoms with E-state index < -0.39 is 23.7 Å². The Hall–Kier alpha value is -3.10. The molecule has 0 aliphatic heterocycles. The fourth-order valence-corrected chi connectivity index (χ4v) is 2.79. The van der Waals surface area contributed by atoms with Crippen molar-refractivity contribution < 1.29 is 18.0 Å². The van der Waals surface area contributed by atoms with Crippen LogP contribution in [0, 0.1) is 11.3 Å². The Morgan fingerprint density at radius 1 is 1.27 bits per heavy atom. The second kappa shape index (κ2) is 9.15. The van der Waals surface area contributed by atoms with Crippen molar-refractivity contribution in [3.63, 3.8) is 0 Å². The molecule has 0 aliphatic rings. The molecule has 0 radical (unpaired) electrons. The smallest absolute Gasteiger partial charge is 0.342 e. The van der Waals surface area contributed by atoms with Crippen molar-refractivity contribution in [3.05, 3.63) is 70.4 Å². The summed E-state index contributed by atoms with van der Waals surface area (Å²) in [5, 5.41) is 15.4. The maximum absolute atomic E-state index is 13.0. The van der Waals surface area contributed by atoms with Gasteiger partial charge in [0.05, 0.1) is 23.2 Å². The van der Waals surface area contributed by atoms with Crippen LogP contribution in [0.1, 0.15) is 40.3 Å². The minimum Gasteiger partial charge on any atom is -0.342 e. The molecule has 0 aliphatic carbocycles. The molecule has 0 saturated carbocycles. The van der Waals surface area contributed by atoms with Gasteiger partial charge in [0, 0.05) is 22.8 Å². The molecule has 3 rings (SSSR count). The molecule has 2 heterocycles. The second-order valence-electron chi connectivity index (χ2n) is 5.97. The summed E-state index contributed by atoms with van der Waals surface area (Å²) in [6.45, 7) is 1.59. The Kier molecular flexibility index (Phi) is 7.07. The van der Waals surface area contributed by atoms with Gasteiger partial charge in [-0.3, -0.25) is 4.79 Å². The van der Waals surface area contributed by atoms with Crippen LogP contribution in [0.3, 0.4) is 0 Å². The Balaban J connectivity index is 0.00000320. The van der Waals surface area contributed by atoms with Gasteiger partial charge in [-0.15, -0.1) is 0 Å². The topological polar surface area (TPSA) is 96.5 Å². The third-order valence-corrected chi connectivity index (χ3v) is 4.11. The summed E-state index contributed by atoms with van der Waals surface area (Å²) in [4.78, 5) is 20.7. The van der Waals surface area contributed by atoms with E-state index in [0.717, 1.165) is 18.2 Å². The zero-order valence-electron chi connectivity index (χ0n) is 15.3. The summed E-state index contributed by atoms with van der Waals surface area (Å²) < 4.78 is 40.2. The van der Waals surface area contributed by atoms with E-state index in [1.807, 2.05) is 6.07 Å². The lowest BCUT2D eigenvalue weighted by Crippen LogP contribution is -2.29. The van der Waals surface area contributed by atoms with Crippen LogP contribution in [0.25, 0.3) is 5.82 Å². The van der Waals surface area contributed by atoms with Crippen LogP contribution < -0.4 is 5.32 Å². The van der Waals surface area contributed by atoms with Crippen molar-refractivity contribution in [1.29, 1.82) is 5.26 Å². The number of carbonyl (C=O) groups excluding carboxylic acids is 1. The molecule has 0 unspecified atom stereocenters. The normalized spacial score (nSPS) is 11.9. The van der Waals surface area contributed by atoms with Crippen molar-refractivity contribution in [2.75, 3.05) is 0 Å². The number of hydrogen-bond acceptors (Lipinski definition) is 5. The van der Waals surface area contributed by atoms with Crippen molar-refractivity contribution >= 4 is 31.0 Å². The first-order chi connectivity index (χ1) is 13.7. The van der Waals surface area contributed by atoms with Gasteiger partial charge in [0.2, 0.25) is 0 Å². The van der Waals surface area contributed by atoms with Crippen LogP contribution in [0.4, 0.5) is 13.2 Å². The largest absolute Gasteiger partial charge is 0.416 e. The highest BCUT2D eigenvalue weighted by molar-refractivity contribution is 7.59. The molecule has 1 atom stereocenters. The number of alkyl halides is 3. The lowest BCUT2D eigenvalue weighted by Gasteiger charge is -2.15. The minimum atomic E-state index is -4.64. The number of nitrogens with one attached hydrogen (secondary N) is 1. The van der Waals surface area contributed by atoms with Crippen LogP contribution in [-0.2, 0) is 6.18 Å². The molecular weight excluding hydrogens is 441 g/mol. The number of aromatic nitrogens is 4. The monoisotopic (exact) mass is 454 g/mol. The maximum atomic E-state index is 13.0. The molecule has 2 aromatic heterocycles. The summed E-state index contributed by atoms with van der Waals surface area (Å²) in [6.07, 6.45) is -1.98. The fourth-order valence-electron chi connectivity index (χ4n) is 2.55. The summed E-state index contributed by atoms with van der Waals surface area (Å²) in [6, 6.07) is 6.85. The van der Waals surface area contributed by atoms with E-state index in [0.29, 0.717) is 11.4 Å². The number of rotatable bonds is 4. The fraction of sp³-hybridized carbons (Fsp3) is 0.167. The molecule has 156 valence electrons. The molecule has 3 aromatic rings. The third-order valence-electron chi connectivity index (χ3n) is 3.89. The second-order valence-corrected chi connectivity index (χ2v) is 6.40. The Morgan fingerprint density at radius 2 is 2.00 bits per heavy atom. The highest BCUT2D eigenvalue weighted by Gasteiger charge is 2.32. The van der Waals surface area contributed by atoms with Crippen molar-refractivity contribution in [1.82, 2.24) is 25.1 Å². The molecule has 0 saturated heterocycles. The van der Waals surface area contributed by atoms with E-state index in [9.17, 15) is 18.0 Å². The Bertz CT molecular complexity index is 1110. The van der Waals surface area contributed by atoms with Gasteiger partial charge in [0.25, 0.3) is 5.91 Å². The average Bonchev–Trinajstić information content (AvgIpc) is 3.17. The van der Waals surface area contributed by atoms with Gasteiger partial charge in [0.1, 0.15) is 6.33 Å². The predicted molar refractivity (Wildman–Crippen MR) is 107 cm³/mol. The van der Waals surface area contributed by atoms with Gasteiger partial charge < -0.3 is 5.32 Å². The van der Waals surface area contributed by atoms with Gasteiger partial charge in [-0.05, 0) is 31.2 Å². The highest BCUT2D eigenvalue weighted by Crippen LogP contribution is 2.32. The number of pyridine rings is 1. The molecule has 1 amide bonds. The SMILES string of the molecule is C[C@H](NC(=O)c1cc(Cl)cc(C(F)(F)F)c1)c1ncnn1-c1cc(C#N)ccn1.S. The number of nitrogens with zero attached hydrogens (tertiary/aromatic N) is 5. The summed E-state index contributed by atoms with van der Waals surface area (Å²) in [5.74, 6) is -0.183. The van der Waals surface area contributed by atoms with E-state index in [1.165, 1.54) is 29.3 Å². The van der Waals surface area contributed by atoms with Gasteiger partial charge >= 0.3 is 6.18 Å². The zero-order valence-corrected chi connectivity index (χ0v) is 17.0. The summed E-state index contributed by atoms with van der Waals surface area (Å²) in [7, 11) is 0. The van der Waals surface area contributed by atoms with Gasteiger partial charge in [-0.25, -0.2) is 9.97 Å². The number of benzene rings is 1. The number of carbonyl (C=O) groups is 1. The minimum absolute atomic E-state index is 0. The van der Waals surface area contributed by atoms with E-state index in [-0.39, 0.29) is 29.9 Å². The summed E-state index contributed by atoms with van der Waals surface area (Å²) >= 11 is 5.73. The summed E-state index contributed by atoms with van der Waals surface area (Å²) in [5.41, 5.74) is -0.914. The zero-order chi connectivity index (χ0) is 21.2. The quantitative estimate of drug-likeness (QED) is 0.646. The van der Waals surface area contributed by atoms with Crippen LogP contribution in [0.2, 0.25) is 5.02 Å². The number of nitriles is 1. The lowest BCUT2D eigenvalue weighted by molar-refractivity contribution is -0.137. The molecule has 1 aromatic carbocycles. The van der Waals surface area contributed by atoms with Crippen molar-refractivity contribution in [3.8, 4) is 11.9 Å². The van der Waals surface area contributed by atoms with Crippen LogP contribution in [0.15, 0.2) is 42.9 Å². The number of amides is 1. The molecule has 12 heteroatoms. The molecule has 0 spiro atoms. The van der Waals surface area contributed by atoms with E-state index in [4.69, 9.17) is 16.9 Å². The van der Waals surface area contributed by atoms with Gasteiger partial charge in [-0.1, -0.05) is 11.6 Å². The van der Waals surface area contributed by atoms with Gasteiger partial charge in [-0.2, -0.15) is 41.7 Å². The number of hydrogen-bond donors (Lipinski definition) is 1. The molecular formula is C18H14ClF3N6OS. The number of halogens is 4.